The molecule has 4 nitrogen and oxygen atoms in total. The maximum Gasteiger partial charge on any atom is 0.0752 e. The van der Waals surface area contributed by atoms with E-state index in [9.17, 15) is 0 Å². The lowest BCUT2D eigenvalue weighted by Crippen LogP contribution is -2.35. The lowest BCUT2D eigenvalue weighted by Gasteiger charge is -2.25. The lowest BCUT2D eigenvalue weighted by atomic mass is 10.2. The summed E-state index contributed by atoms with van der Waals surface area (Å²) in [5.41, 5.74) is 7.50. The molecule has 1 aromatic rings. The van der Waals surface area contributed by atoms with Gasteiger partial charge in [0.2, 0.25) is 0 Å². The fourth-order valence-electron chi connectivity index (χ4n) is 1.76. The number of nitrogens with one attached hydrogen (secondary N) is 1. The molecule has 3 N–H and O–H groups in total. The Bertz CT molecular complexity index is 332. The third-order valence-corrected chi connectivity index (χ3v) is 3.35. The van der Waals surface area contributed by atoms with Crippen LogP contribution in [0.4, 0.5) is 11.4 Å². The Morgan fingerprint density at radius 1 is 1.41 bits per heavy atom. The molecule has 0 radical (unpaired) electrons. The van der Waals surface area contributed by atoms with Crippen molar-refractivity contribution in [3.8, 4) is 0 Å². The third-order valence-electron chi connectivity index (χ3n) is 2.75. The predicted octanol–water partition coefficient (Wildman–Crippen LogP) is 2.57. The van der Waals surface area contributed by atoms with E-state index in [0.717, 1.165) is 29.8 Å². The van der Waals surface area contributed by atoms with Gasteiger partial charge in [-0.1, -0.05) is 13.8 Å². The van der Waals surface area contributed by atoms with Gasteiger partial charge in [-0.05, 0) is 35.9 Å². The van der Waals surface area contributed by atoms with Crippen LogP contribution in [-0.4, -0.2) is 35.6 Å². The number of anilines is 2. The molecule has 0 bridgehead atoms. The van der Waals surface area contributed by atoms with Gasteiger partial charge in [0.25, 0.3) is 0 Å². The van der Waals surface area contributed by atoms with E-state index in [2.05, 4.69) is 51.9 Å². The molecule has 1 heterocycles. The molecule has 17 heavy (non-hydrogen) atoms. The summed E-state index contributed by atoms with van der Waals surface area (Å²) in [5, 5.41) is 3.42. The molecule has 0 spiro atoms. The Morgan fingerprint density at radius 3 is 2.59 bits per heavy atom. The summed E-state index contributed by atoms with van der Waals surface area (Å²) >= 11 is 3.46. The molecule has 1 atom stereocenters. The predicted molar refractivity (Wildman–Crippen MR) is 77.2 cm³/mol. The Balaban J connectivity index is 2.64. The summed E-state index contributed by atoms with van der Waals surface area (Å²) < 4.78 is 0.906. The van der Waals surface area contributed by atoms with Gasteiger partial charge in [0.15, 0.2) is 0 Å². The molecule has 0 aromatic carbocycles. The minimum absolute atomic E-state index is 0.343. The number of rotatable bonds is 6. The van der Waals surface area contributed by atoms with Gasteiger partial charge in [-0.2, -0.15) is 0 Å². The zero-order valence-corrected chi connectivity index (χ0v) is 12.3. The van der Waals surface area contributed by atoms with Gasteiger partial charge < -0.3 is 16.0 Å². The van der Waals surface area contributed by atoms with Crippen molar-refractivity contribution < 1.29 is 0 Å². The average Bonchev–Trinajstić information content (AvgIpc) is 2.31. The first-order valence-corrected chi connectivity index (χ1v) is 6.75. The molecule has 1 rings (SSSR count). The minimum Gasteiger partial charge on any atom is -0.396 e. The Hall–Kier alpha value is -0.810. The van der Waals surface area contributed by atoms with E-state index in [-0.39, 0.29) is 0 Å². The minimum atomic E-state index is 0.343. The van der Waals surface area contributed by atoms with Crippen LogP contribution in [0.1, 0.15) is 20.8 Å². The molecule has 0 aliphatic heterocycles. The van der Waals surface area contributed by atoms with Gasteiger partial charge in [0.1, 0.15) is 0 Å². The van der Waals surface area contributed by atoms with Crippen molar-refractivity contribution in [2.24, 2.45) is 0 Å². The number of pyridine rings is 1. The van der Waals surface area contributed by atoms with E-state index in [1.54, 1.807) is 12.4 Å². The van der Waals surface area contributed by atoms with Gasteiger partial charge in [-0.3, -0.25) is 4.98 Å². The highest BCUT2D eigenvalue weighted by molar-refractivity contribution is 9.10. The first-order valence-electron chi connectivity index (χ1n) is 5.96. The van der Waals surface area contributed by atoms with Crippen LogP contribution in [0, 0.1) is 0 Å². The molecule has 5 heteroatoms. The summed E-state index contributed by atoms with van der Waals surface area (Å²) in [6, 6.07) is 0.343. The zero-order chi connectivity index (χ0) is 12.8. The largest absolute Gasteiger partial charge is 0.396 e. The van der Waals surface area contributed by atoms with Crippen LogP contribution in [0.5, 0.6) is 0 Å². The van der Waals surface area contributed by atoms with Crippen molar-refractivity contribution in [2.45, 2.75) is 26.8 Å². The first-order chi connectivity index (χ1) is 8.08. The molecule has 0 aliphatic rings. The number of hydrogen-bond donors (Lipinski definition) is 2. The number of halogens is 1. The normalized spacial score (nSPS) is 12.8. The summed E-state index contributed by atoms with van der Waals surface area (Å²) in [6.45, 7) is 9.64. The molecule has 0 fully saturated rings. The highest BCUT2D eigenvalue weighted by Gasteiger charge is 2.10. The number of aromatic nitrogens is 1. The van der Waals surface area contributed by atoms with Crippen LogP contribution >= 0.6 is 15.9 Å². The number of nitrogens with zero attached hydrogens (tertiary/aromatic N) is 2. The fourth-order valence-corrected chi connectivity index (χ4v) is 2.23. The second-order valence-corrected chi connectivity index (χ2v) is 4.97. The Kier molecular flexibility index (Phi) is 5.71. The molecule has 1 unspecified atom stereocenters. The zero-order valence-electron chi connectivity index (χ0n) is 10.7. The Morgan fingerprint density at radius 2 is 2.06 bits per heavy atom. The van der Waals surface area contributed by atoms with E-state index < -0.39 is 0 Å². The topological polar surface area (TPSA) is 54.2 Å². The second kappa shape index (κ2) is 6.81. The van der Waals surface area contributed by atoms with Crippen molar-refractivity contribution in [2.75, 3.05) is 30.7 Å². The Labute approximate surface area is 112 Å². The van der Waals surface area contributed by atoms with Crippen LogP contribution in [0.3, 0.4) is 0 Å². The van der Waals surface area contributed by atoms with Crippen molar-refractivity contribution in [1.82, 2.24) is 9.88 Å². The van der Waals surface area contributed by atoms with E-state index in [0.29, 0.717) is 11.7 Å². The molecular weight excluding hydrogens is 280 g/mol. The van der Waals surface area contributed by atoms with Gasteiger partial charge in [0.05, 0.1) is 22.0 Å². The standard InChI is InChI=1S/C12H21BrN4/c1-4-17(5-2)8-9(3)16-12-10(13)6-15-7-11(12)14/h6-7,9H,4-5,8,14H2,1-3H3,(H,15,16). The van der Waals surface area contributed by atoms with Crippen LogP contribution in [0.25, 0.3) is 0 Å². The lowest BCUT2D eigenvalue weighted by molar-refractivity contribution is 0.295. The van der Waals surface area contributed by atoms with Crippen LogP contribution in [0.2, 0.25) is 0 Å². The van der Waals surface area contributed by atoms with Gasteiger partial charge in [0, 0.05) is 18.8 Å². The second-order valence-electron chi connectivity index (χ2n) is 4.12. The highest BCUT2D eigenvalue weighted by atomic mass is 79.9. The van der Waals surface area contributed by atoms with Crippen LogP contribution < -0.4 is 11.1 Å². The quantitative estimate of drug-likeness (QED) is 0.848. The van der Waals surface area contributed by atoms with E-state index in [1.165, 1.54) is 0 Å². The molecular formula is C12H21BrN4. The van der Waals surface area contributed by atoms with E-state index in [4.69, 9.17) is 5.73 Å². The molecule has 1 aromatic heterocycles. The third kappa shape index (κ3) is 4.16. The fraction of sp³-hybridized carbons (Fsp3) is 0.583. The van der Waals surface area contributed by atoms with Crippen molar-refractivity contribution in [3.63, 3.8) is 0 Å². The van der Waals surface area contributed by atoms with E-state index in [1.807, 2.05) is 0 Å². The molecule has 0 saturated heterocycles. The summed E-state index contributed by atoms with van der Waals surface area (Å²) in [7, 11) is 0. The smallest absolute Gasteiger partial charge is 0.0752 e. The van der Waals surface area contributed by atoms with Crippen LogP contribution in [-0.2, 0) is 0 Å². The number of nitrogen functional groups attached to an aromatic ring is 1. The summed E-state index contributed by atoms with van der Waals surface area (Å²) in [6.07, 6.45) is 3.42. The van der Waals surface area contributed by atoms with Gasteiger partial charge in [-0.25, -0.2) is 0 Å². The first kappa shape index (κ1) is 14.3. The molecule has 0 aliphatic carbocycles. The number of likely N-dealkylation sites (N-methyl/N-ethyl adjacent to an activating group) is 1. The summed E-state index contributed by atoms with van der Waals surface area (Å²) in [4.78, 5) is 6.40. The molecule has 0 saturated carbocycles. The number of hydrogen-bond acceptors (Lipinski definition) is 4. The van der Waals surface area contributed by atoms with Gasteiger partial charge >= 0.3 is 0 Å². The maximum atomic E-state index is 5.90. The van der Waals surface area contributed by atoms with Gasteiger partial charge in [-0.15, -0.1) is 0 Å². The monoisotopic (exact) mass is 300 g/mol. The molecule has 0 amide bonds. The summed E-state index contributed by atoms with van der Waals surface area (Å²) in [5.74, 6) is 0. The van der Waals surface area contributed by atoms with Crippen LogP contribution in [0.15, 0.2) is 16.9 Å². The van der Waals surface area contributed by atoms with Crippen molar-refractivity contribution in [3.05, 3.63) is 16.9 Å². The highest BCUT2D eigenvalue weighted by Crippen LogP contribution is 2.27. The van der Waals surface area contributed by atoms with Crippen molar-refractivity contribution >= 4 is 27.3 Å². The number of nitrogens with two attached hydrogens (primary N) is 1. The SMILES string of the molecule is CCN(CC)CC(C)Nc1c(N)cncc1Br. The van der Waals surface area contributed by atoms with Crippen molar-refractivity contribution in [1.29, 1.82) is 0 Å². The maximum absolute atomic E-state index is 5.90. The molecule has 96 valence electrons. The average molecular weight is 301 g/mol. The van der Waals surface area contributed by atoms with E-state index >= 15 is 0 Å².